The smallest absolute Gasteiger partial charge is 0.132 e. The Labute approximate surface area is 191 Å². The fourth-order valence-corrected chi connectivity index (χ4v) is 4.43. The summed E-state index contributed by atoms with van der Waals surface area (Å²) in [6, 6.07) is 10.9. The molecular weight excluding hydrogens is 425 g/mol. The van der Waals surface area contributed by atoms with Gasteiger partial charge >= 0.3 is 0 Å². The fourth-order valence-electron chi connectivity index (χ4n) is 4.25. The molecule has 162 valence electrons. The lowest BCUT2D eigenvalue weighted by molar-refractivity contribution is 0.277. The van der Waals surface area contributed by atoms with Crippen molar-refractivity contribution in [3.05, 3.63) is 71.3 Å². The number of halogens is 2. The number of hydrogen-bond acceptors (Lipinski definition) is 4. The van der Waals surface area contributed by atoms with Crippen molar-refractivity contribution in [1.29, 1.82) is 0 Å². The standard InChI is InChI=1S/C25H23ClFN5/c1-32(2)18-6-3-15(4-7-18)16-11-24-23(28-13-16)10-9-22(30-24)20-14-29-31-25(20)19-12-17(26)5-8-21(19)27/h3,5,8-14,18H,4,6-7H2,1-2H3,(H,29,31). The summed E-state index contributed by atoms with van der Waals surface area (Å²) in [4.78, 5) is 11.7. The molecule has 3 aromatic heterocycles. The Morgan fingerprint density at radius 3 is 2.75 bits per heavy atom. The van der Waals surface area contributed by atoms with Gasteiger partial charge in [0.1, 0.15) is 11.5 Å². The summed E-state index contributed by atoms with van der Waals surface area (Å²) in [5, 5.41) is 7.55. The zero-order valence-electron chi connectivity index (χ0n) is 17.9. The Balaban J connectivity index is 1.52. The molecule has 5 nitrogen and oxygen atoms in total. The molecule has 1 aliphatic rings. The fraction of sp³-hybridized carbons (Fsp3) is 0.240. The Morgan fingerprint density at radius 1 is 1.09 bits per heavy atom. The van der Waals surface area contributed by atoms with Gasteiger partial charge in [0, 0.05) is 34.6 Å². The molecule has 0 spiro atoms. The average Bonchev–Trinajstić information content (AvgIpc) is 3.29. The van der Waals surface area contributed by atoms with Crippen LogP contribution in [0.4, 0.5) is 4.39 Å². The molecule has 1 N–H and O–H groups in total. The van der Waals surface area contributed by atoms with Gasteiger partial charge in [-0.1, -0.05) is 17.7 Å². The second-order valence-corrected chi connectivity index (χ2v) is 8.79. The number of H-pyrrole nitrogens is 1. The first-order chi connectivity index (χ1) is 15.5. The number of rotatable bonds is 4. The largest absolute Gasteiger partial charge is 0.306 e. The normalized spacial score (nSPS) is 16.5. The molecule has 1 aliphatic carbocycles. The van der Waals surface area contributed by atoms with Gasteiger partial charge in [-0.2, -0.15) is 5.10 Å². The average molecular weight is 448 g/mol. The highest BCUT2D eigenvalue weighted by atomic mass is 35.5. The van der Waals surface area contributed by atoms with Crippen molar-refractivity contribution < 1.29 is 4.39 Å². The van der Waals surface area contributed by atoms with Crippen LogP contribution in [-0.2, 0) is 0 Å². The van der Waals surface area contributed by atoms with E-state index in [1.807, 2.05) is 18.3 Å². The molecule has 3 heterocycles. The number of allylic oxidation sites excluding steroid dienone is 1. The molecule has 7 heteroatoms. The topological polar surface area (TPSA) is 57.7 Å². The predicted molar refractivity (Wildman–Crippen MR) is 127 cm³/mol. The number of aromatic amines is 1. The molecule has 4 aromatic rings. The number of nitrogens with one attached hydrogen (secondary N) is 1. The molecule has 1 aromatic carbocycles. The Kier molecular flexibility index (Phi) is 5.49. The van der Waals surface area contributed by atoms with Gasteiger partial charge in [0.05, 0.1) is 16.7 Å². The van der Waals surface area contributed by atoms with Crippen molar-refractivity contribution in [2.45, 2.75) is 25.3 Å². The molecule has 0 fully saturated rings. The van der Waals surface area contributed by atoms with Crippen molar-refractivity contribution >= 4 is 28.2 Å². The minimum atomic E-state index is -0.382. The molecule has 1 atom stereocenters. The van der Waals surface area contributed by atoms with E-state index in [9.17, 15) is 4.39 Å². The van der Waals surface area contributed by atoms with E-state index >= 15 is 0 Å². The number of nitrogens with zero attached hydrogens (tertiary/aromatic N) is 4. The molecule has 32 heavy (non-hydrogen) atoms. The maximum atomic E-state index is 14.5. The highest BCUT2D eigenvalue weighted by Gasteiger charge is 2.19. The number of hydrogen-bond donors (Lipinski definition) is 1. The van der Waals surface area contributed by atoms with Gasteiger partial charge in [0.2, 0.25) is 0 Å². The maximum Gasteiger partial charge on any atom is 0.132 e. The Hall–Kier alpha value is -3.09. The Morgan fingerprint density at radius 2 is 1.97 bits per heavy atom. The van der Waals surface area contributed by atoms with Crippen molar-refractivity contribution in [2.75, 3.05) is 14.1 Å². The van der Waals surface area contributed by atoms with Gasteiger partial charge in [-0.25, -0.2) is 9.37 Å². The first-order valence-electron chi connectivity index (χ1n) is 10.6. The van der Waals surface area contributed by atoms with E-state index in [0.717, 1.165) is 35.9 Å². The second-order valence-electron chi connectivity index (χ2n) is 8.35. The third kappa shape index (κ3) is 3.92. The molecule has 0 bridgehead atoms. The summed E-state index contributed by atoms with van der Waals surface area (Å²) in [6.45, 7) is 0. The number of fused-ring (bicyclic) bond motifs is 1. The number of pyridine rings is 2. The third-order valence-electron chi connectivity index (χ3n) is 6.12. The lowest BCUT2D eigenvalue weighted by atomic mass is 9.91. The summed E-state index contributed by atoms with van der Waals surface area (Å²) in [7, 11) is 4.26. The van der Waals surface area contributed by atoms with Crippen molar-refractivity contribution in [2.24, 2.45) is 0 Å². The van der Waals surface area contributed by atoms with Crippen LogP contribution in [0.3, 0.4) is 0 Å². The SMILES string of the molecule is CN(C)C1CC=C(c2cnc3ccc(-c4c[nH]nc4-c4cc(Cl)ccc4F)nc3c2)CC1. The van der Waals surface area contributed by atoms with Crippen LogP contribution in [0, 0.1) is 5.82 Å². The summed E-state index contributed by atoms with van der Waals surface area (Å²) < 4.78 is 14.5. The van der Waals surface area contributed by atoms with Crippen molar-refractivity contribution in [3.63, 3.8) is 0 Å². The minimum Gasteiger partial charge on any atom is -0.306 e. The minimum absolute atomic E-state index is 0.338. The van der Waals surface area contributed by atoms with Crippen molar-refractivity contribution in [3.8, 4) is 22.5 Å². The van der Waals surface area contributed by atoms with E-state index in [0.29, 0.717) is 33.6 Å². The Bertz CT molecular complexity index is 1330. The highest BCUT2D eigenvalue weighted by Crippen LogP contribution is 2.34. The van der Waals surface area contributed by atoms with Crippen LogP contribution in [0.5, 0.6) is 0 Å². The molecule has 0 aliphatic heterocycles. The van der Waals surface area contributed by atoms with Crippen LogP contribution in [0.1, 0.15) is 24.8 Å². The van der Waals surface area contributed by atoms with Gasteiger partial charge < -0.3 is 4.90 Å². The lowest BCUT2D eigenvalue weighted by Gasteiger charge is -2.27. The monoisotopic (exact) mass is 447 g/mol. The molecular formula is C25H23ClFN5. The zero-order chi connectivity index (χ0) is 22.2. The first-order valence-corrected chi connectivity index (χ1v) is 11.0. The summed E-state index contributed by atoms with van der Waals surface area (Å²) in [6.07, 6.45) is 9.17. The molecule has 0 radical (unpaired) electrons. The van der Waals surface area contributed by atoms with E-state index in [4.69, 9.17) is 16.6 Å². The summed E-state index contributed by atoms with van der Waals surface area (Å²) in [5.74, 6) is -0.382. The van der Waals surface area contributed by atoms with Gasteiger partial charge in [-0.05, 0) is 80.9 Å². The van der Waals surface area contributed by atoms with E-state index in [2.05, 4.69) is 46.3 Å². The van der Waals surface area contributed by atoms with Crippen LogP contribution >= 0.6 is 11.6 Å². The van der Waals surface area contributed by atoms with Gasteiger partial charge in [-0.15, -0.1) is 0 Å². The van der Waals surface area contributed by atoms with Crippen LogP contribution < -0.4 is 0 Å². The van der Waals surface area contributed by atoms with E-state index < -0.39 is 0 Å². The third-order valence-corrected chi connectivity index (χ3v) is 6.36. The van der Waals surface area contributed by atoms with Gasteiger partial charge in [0.25, 0.3) is 0 Å². The molecule has 0 saturated heterocycles. The zero-order valence-corrected chi connectivity index (χ0v) is 18.7. The molecule has 0 amide bonds. The van der Waals surface area contributed by atoms with Gasteiger partial charge in [0.15, 0.2) is 0 Å². The number of benzene rings is 1. The van der Waals surface area contributed by atoms with Crippen molar-refractivity contribution in [1.82, 2.24) is 25.1 Å². The van der Waals surface area contributed by atoms with E-state index in [1.54, 1.807) is 12.3 Å². The van der Waals surface area contributed by atoms with Crippen LogP contribution in [0.25, 0.3) is 39.1 Å². The van der Waals surface area contributed by atoms with Gasteiger partial charge in [-0.3, -0.25) is 10.1 Å². The highest BCUT2D eigenvalue weighted by molar-refractivity contribution is 6.30. The second kappa shape index (κ2) is 8.45. The molecule has 0 saturated carbocycles. The summed E-state index contributed by atoms with van der Waals surface area (Å²) >= 11 is 6.09. The van der Waals surface area contributed by atoms with Crippen LogP contribution in [0.2, 0.25) is 5.02 Å². The molecule has 1 unspecified atom stereocenters. The summed E-state index contributed by atoms with van der Waals surface area (Å²) in [5.41, 5.74) is 6.26. The van der Waals surface area contributed by atoms with Crippen LogP contribution in [0.15, 0.2) is 54.9 Å². The number of aromatic nitrogens is 4. The predicted octanol–water partition coefficient (Wildman–Crippen LogP) is 5.98. The quantitative estimate of drug-likeness (QED) is 0.418. The van der Waals surface area contributed by atoms with Crippen LogP contribution in [-0.4, -0.2) is 45.2 Å². The first kappa shape index (κ1) is 20.8. The van der Waals surface area contributed by atoms with E-state index in [-0.39, 0.29) is 5.82 Å². The lowest BCUT2D eigenvalue weighted by Crippen LogP contribution is -2.28. The maximum absolute atomic E-state index is 14.5. The molecule has 5 rings (SSSR count). The van der Waals surface area contributed by atoms with E-state index in [1.165, 1.54) is 17.7 Å².